The van der Waals surface area contributed by atoms with Gasteiger partial charge in [0.15, 0.2) is 0 Å². The minimum atomic E-state index is -0.281. The van der Waals surface area contributed by atoms with E-state index in [1.165, 1.54) is 12.1 Å². The first-order valence-corrected chi connectivity index (χ1v) is 9.89. The van der Waals surface area contributed by atoms with Gasteiger partial charge in [-0.2, -0.15) is 13.8 Å². The predicted octanol–water partition coefficient (Wildman–Crippen LogP) is 4.06. The number of benzene rings is 2. The molecule has 0 saturated heterocycles. The third-order valence-corrected chi connectivity index (χ3v) is 5.02. The summed E-state index contributed by atoms with van der Waals surface area (Å²) >= 11 is 1.14. The lowest BCUT2D eigenvalue weighted by atomic mass is 10.2. The van der Waals surface area contributed by atoms with Crippen molar-refractivity contribution in [2.75, 3.05) is 5.32 Å². The summed E-state index contributed by atoms with van der Waals surface area (Å²) in [6, 6.07) is 13.1. The van der Waals surface area contributed by atoms with E-state index in [1.54, 1.807) is 53.5 Å². The lowest BCUT2D eigenvalue weighted by Gasteiger charge is -2.07. The van der Waals surface area contributed by atoms with E-state index in [4.69, 9.17) is 4.74 Å². The number of carbonyl (C=O) groups excluding carboxylic acids is 1. The van der Waals surface area contributed by atoms with Gasteiger partial charge < -0.3 is 10.1 Å². The summed E-state index contributed by atoms with van der Waals surface area (Å²) in [5.74, 6) is 0.0205. The van der Waals surface area contributed by atoms with Crippen molar-refractivity contribution >= 4 is 23.3 Å². The van der Waals surface area contributed by atoms with Crippen LogP contribution < -0.4 is 10.1 Å². The van der Waals surface area contributed by atoms with E-state index < -0.39 is 0 Å². The van der Waals surface area contributed by atoms with E-state index in [2.05, 4.69) is 19.2 Å². The second-order valence-electron chi connectivity index (χ2n) is 6.62. The molecule has 2 heterocycles. The molecule has 0 radical (unpaired) electrons. The van der Waals surface area contributed by atoms with Gasteiger partial charge in [-0.3, -0.25) is 9.48 Å². The van der Waals surface area contributed by atoms with Crippen molar-refractivity contribution in [3.63, 3.8) is 0 Å². The first kappa shape index (κ1) is 19.7. The van der Waals surface area contributed by atoms with E-state index in [-0.39, 0.29) is 11.7 Å². The molecule has 152 valence electrons. The zero-order valence-corrected chi connectivity index (χ0v) is 16.9. The van der Waals surface area contributed by atoms with Gasteiger partial charge in [0.05, 0.1) is 35.9 Å². The van der Waals surface area contributed by atoms with Gasteiger partial charge in [0.25, 0.3) is 5.91 Å². The highest BCUT2D eigenvalue weighted by Gasteiger charge is 2.10. The summed E-state index contributed by atoms with van der Waals surface area (Å²) in [6.45, 7) is 2.65. The van der Waals surface area contributed by atoms with Crippen LogP contribution in [0.3, 0.4) is 0 Å². The van der Waals surface area contributed by atoms with Crippen LogP contribution in [-0.4, -0.2) is 24.4 Å². The number of nitrogens with one attached hydrogen (secondary N) is 1. The van der Waals surface area contributed by atoms with Crippen LogP contribution in [-0.2, 0) is 13.2 Å². The minimum absolute atomic E-state index is 0.270. The SMILES string of the molecule is Cc1nsnc1COc1cccc(C(=O)Nc2cnn(Cc3ccc(F)cc3)c2)c1. The molecule has 0 aliphatic heterocycles. The Morgan fingerprint density at radius 1 is 1.20 bits per heavy atom. The molecule has 4 aromatic rings. The van der Waals surface area contributed by atoms with Crippen molar-refractivity contribution in [3.05, 3.63) is 89.3 Å². The Kier molecular flexibility index (Phi) is 5.80. The van der Waals surface area contributed by atoms with E-state index in [1.807, 2.05) is 6.92 Å². The van der Waals surface area contributed by atoms with Crippen LogP contribution in [0.4, 0.5) is 10.1 Å². The Labute approximate surface area is 176 Å². The number of rotatable bonds is 7. The number of halogens is 1. The molecule has 7 nitrogen and oxygen atoms in total. The average Bonchev–Trinajstić information content (AvgIpc) is 3.37. The van der Waals surface area contributed by atoms with Crippen LogP contribution in [0.5, 0.6) is 5.75 Å². The van der Waals surface area contributed by atoms with Crippen molar-refractivity contribution < 1.29 is 13.9 Å². The van der Waals surface area contributed by atoms with E-state index in [0.29, 0.717) is 30.2 Å². The third-order valence-electron chi connectivity index (χ3n) is 4.37. The molecule has 1 N–H and O–H groups in total. The molecule has 2 aromatic carbocycles. The van der Waals surface area contributed by atoms with Crippen LogP contribution in [0, 0.1) is 12.7 Å². The molecule has 0 fully saturated rings. The number of aryl methyl sites for hydroxylation is 1. The first-order chi connectivity index (χ1) is 14.6. The lowest BCUT2D eigenvalue weighted by molar-refractivity contribution is 0.102. The zero-order valence-electron chi connectivity index (χ0n) is 16.1. The van der Waals surface area contributed by atoms with Gasteiger partial charge in [-0.25, -0.2) is 4.39 Å². The highest BCUT2D eigenvalue weighted by Crippen LogP contribution is 2.17. The predicted molar refractivity (Wildman–Crippen MR) is 111 cm³/mol. The molecular weight excluding hydrogens is 405 g/mol. The number of ether oxygens (including phenoxy) is 1. The summed E-state index contributed by atoms with van der Waals surface area (Å²) in [5, 5.41) is 7.06. The molecule has 9 heteroatoms. The van der Waals surface area contributed by atoms with Crippen molar-refractivity contribution in [2.24, 2.45) is 0 Å². The van der Waals surface area contributed by atoms with Crippen LogP contribution in [0.2, 0.25) is 0 Å². The number of nitrogens with zero attached hydrogens (tertiary/aromatic N) is 4. The third kappa shape index (κ3) is 4.87. The summed E-state index contributed by atoms with van der Waals surface area (Å²) in [4.78, 5) is 12.6. The maximum atomic E-state index is 13.0. The second-order valence-corrected chi connectivity index (χ2v) is 7.15. The number of carbonyl (C=O) groups is 1. The van der Waals surface area contributed by atoms with Crippen LogP contribution in [0.25, 0.3) is 0 Å². The molecule has 0 spiro atoms. The van der Waals surface area contributed by atoms with Crippen LogP contribution in [0.15, 0.2) is 60.9 Å². The number of anilines is 1. The van der Waals surface area contributed by atoms with Gasteiger partial charge in [-0.05, 0) is 42.8 Å². The molecule has 0 bridgehead atoms. The smallest absolute Gasteiger partial charge is 0.255 e. The monoisotopic (exact) mass is 423 g/mol. The molecule has 4 rings (SSSR count). The molecule has 2 aromatic heterocycles. The summed E-state index contributed by atoms with van der Waals surface area (Å²) < 4.78 is 28.7. The maximum absolute atomic E-state index is 13.0. The number of aromatic nitrogens is 4. The number of hydrogen-bond acceptors (Lipinski definition) is 6. The van der Waals surface area contributed by atoms with Gasteiger partial charge in [-0.1, -0.05) is 18.2 Å². The second kappa shape index (κ2) is 8.83. The fourth-order valence-corrected chi connectivity index (χ4v) is 3.31. The fraction of sp³-hybridized carbons (Fsp3) is 0.143. The van der Waals surface area contributed by atoms with E-state index >= 15 is 0 Å². The van der Waals surface area contributed by atoms with Gasteiger partial charge in [0.2, 0.25) is 0 Å². The van der Waals surface area contributed by atoms with Crippen molar-refractivity contribution in [1.29, 1.82) is 0 Å². The Hall–Kier alpha value is -3.59. The topological polar surface area (TPSA) is 81.9 Å². The quantitative estimate of drug-likeness (QED) is 0.485. The maximum Gasteiger partial charge on any atom is 0.255 e. The van der Waals surface area contributed by atoms with E-state index in [0.717, 1.165) is 28.7 Å². The largest absolute Gasteiger partial charge is 0.487 e. The molecule has 0 aliphatic rings. The Bertz CT molecular complexity index is 1160. The van der Waals surface area contributed by atoms with E-state index in [9.17, 15) is 9.18 Å². The number of amides is 1. The lowest BCUT2D eigenvalue weighted by Crippen LogP contribution is -2.11. The van der Waals surface area contributed by atoms with Gasteiger partial charge in [0.1, 0.15) is 23.9 Å². The summed E-state index contributed by atoms with van der Waals surface area (Å²) in [6.07, 6.45) is 3.29. The molecule has 1 amide bonds. The Morgan fingerprint density at radius 3 is 2.80 bits per heavy atom. The van der Waals surface area contributed by atoms with Crippen LogP contribution >= 0.6 is 11.7 Å². The average molecular weight is 423 g/mol. The first-order valence-electron chi connectivity index (χ1n) is 9.16. The molecular formula is C21H18FN5O2S. The van der Waals surface area contributed by atoms with Crippen molar-refractivity contribution in [1.82, 2.24) is 18.5 Å². The molecule has 0 saturated carbocycles. The highest BCUT2D eigenvalue weighted by atomic mass is 32.1. The molecule has 0 unspecified atom stereocenters. The van der Waals surface area contributed by atoms with Gasteiger partial charge in [-0.15, -0.1) is 0 Å². The Balaban J connectivity index is 1.37. The fourth-order valence-electron chi connectivity index (χ4n) is 2.75. The van der Waals surface area contributed by atoms with Crippen LogP contribution in [0.1, 0.15) is 27.3 Å². The van der Waals surface area contributed by atoms with Gasteiger partial charge >= 0.3 is 0 Å². The minimum Gasteiger partial charge on any atom is -0.487 e. The van der Waals surface area contributed by atoms with Crippen molar-refractivity contribution in [3.8, 4) is 5.75 Å². The molecule has 0 atom stereocenters. The highest BCUT2D eigenvalue weighted by molar-refractivity contribution is 6.99. The zero-order chi connectivity index (χ0) is 20.9. The van der Waals surface area contributed by atoms with Crippen molar-refractivity contribution in [2.45, 2.75) is 20.1 Å². The Morgan fingerprint density at radius 2 is 2.03 bits per heavy atom. The summed E-state index contributed by atoms with van der Waals surface area (Å²) in [7, 11) is 0. The standard InChI is InChI=1S/C21H18FN5O2S/c1-14-20(26-30-25-14)13-29-19-4-2-3-16(9-19)21(28)24-18-10-23-27(12-18)11-15-5-7-17(22)8-6-15/h2-10,12H,11,13H2,1H3,(H,24,28). The summed E-state index contributed by atoms with van der Waals surface area (Å²) in [5.41, 5.74) is 3.56. The molecule has 30 heavy (non-hydrogen) atoms. The van der Waals surface area contributed by atoms with Gasteiger partial charge in [0, 0.05) is 11.8 Å². The normalized spacial score (nSPS) is 10.7. The number of hydrogen-bond donors (Lipinski definition) is 1. The molecule has 0 aliphatic carbocycles.